The maximum atomic E-state index is 9.00. The Labute approximate surface area is 171 Å². The average Bonchev–Trinajstić information content (AvgIpc) is 2.58. The van der Waals surface area contributed by atoms with Gasteiger partial charge in [-0.15, -0.1) is 0 Å². The number of phenolic OH excluding ortho intramolecular Hbond substituents is 1. The van der Waals surface area contributed by atoms with Gasteiger partial charge in [0.2, 0.25) is 0 Å². The Morgan fingerprint density at radius 3 is 1.84 bits per heavy atom. The number of aryl methyl sites for hydroxylation is 2. The molecule has 0 saturated carbocycles. The molecule has 25 heavy (non-hydrogen) atoms. The Morgan fingerprint density at radius 2 is 1.44 bits per heavy atom. The van der Waals surface area contributed by atoms with Gasteiger partial charge in [-0.05, 0) is 81.1 Å². The highest BCUT2D eigenvalue weighted by Gasteiger charge is 1.99. The van der Waals surface area contributed by atoms with E-state index in [1.54, 1.807) is 20.3 Å². The summed E-state index contributed by atoms with van der Waals surface area (Å²) in [6.07, 6.45) is 0. The summed E-state index contributed by atoms with van der Waals surface area (Å²) < 4.78 is 16.1. The van der Waals surface area contributed by atoms with Crippen LogP contribution in [0, 0.1) is 13.8 Å². The molecule has 1 N–H and O–H groups in total. The molecule has 4 nitrogen and oxygen atoms in total. The summed E-state index contributed by atoms with van der Waals surface area (Å²) in [5, 5.41) is 9.00. The van der Waals surface area contributed by atoms with Crippen LogP contribution in [-0.4, -0.2) is 32.2 Å². The van der Waals surface area contributed by atoms with Gasteiger partial charge in [0, 0.05) is 14.2 Å². The second-order valence-electron chi connectivity index (χ2n) is 4.84. The van der Waals surface area contributed by atoms with Crippen molar-refractivity contribution >= 4 is 43.5 Å². The van der Waals surface area contributed by atoms with E-state index in [0.29, 0.717) is 11.8 Å². The number of aromatic hydroxyl groups is 1. The molecule has 2 rings (SSSR count). The fourth-order valence-electron chi connectivity index (χ4n) is 1.46. The van der Waals surface area contributed by atoms with E-state index in [9.17, 15) is 0 Å². The summed E-state index contributed by atoms with van der Waals surface area (Å²) >= 11 is 11.6. The van der Waals surface area contributed by atoms with Crippen molar-refractivity contribution in [2.24, 2.45) is 0 Å². The van der Waals surface area contributed by atoms with Gasteiger partial charge < -0.3 is 19.3 Å². The van der Waals surface area contributed by atoms with E-state index in [-0.39, 0.29) is 6.79 Å². The van der Waals surface area contributed by atoms with Crippen molar-refractivity contribution < 1.29 is 19.3 Å². The van der Waals surface area contributed by atoms with Crippen LogP contribution in [-0.2, 0) is 9.47 Å². The van der Waals surface area contributed by atoms with E-state index in [1.165, 1.54) is 5.56 Å². The minimum atomic E-state index is 0.279. The first-order valence-corrected chi connectivity index (χ1v) is 9.35. The summed E-state index contributed by atoms with van der Waals surface area (Å²) in [6, 6.07) is 11.6. The maximum absolute atomic E-state index is 9.00. The molecule has 0 aliphatic heterocycles. The number of benzene rings is 2. The van der Waals surface area contributed by atoms with Gasteiger partial charge in [-0.25, -0.2) is 0 Å². The number of rotatable bonds is 4. The lowest BCUT2D eigenvalue weighted by molar-refractivity contribution is 0.0506. The Morgan fingerprint density at radius 1 is 0.920 bits per heavy atom. The predicted molar refractivity (Wildman–Crippen MR) is 110 cm³/mol. The van der Waals surface area contributed by atoms with Crippen molar-refractivity contribution in [3.8, 4) is 11.5 Å². The Balaban J connectivity index is 0.000000391. The van der Waals surface area contributed by atoms with Crippen LogP contribution in [0.5, 0.6) is 11.5 Å². The van der Waals surface area contributed by atoms with Crippen LogP contribution in [0.3, 0.4) is 0 Å². The number of alkyl halides is 1. The van der Waals surface area contributed by atoms with Gasteiger partial charge in [-0.3, -0.25) is 0 Å². The number of hydrogen-bond acceptors (Lipinski definition) is 4. The number of halogens is 3. The van der Waals surface area contributed by atoms with Crippen LogP contribution in [0.25, 0.3) is 0 Å². The van der Waals surface area contributed by atoms with E-state index in [2.05, 4.69) is 36.6 Å². The number of hydrogen-bond donors (Lipinski definition) is 1. The smallest absolute Gasteiger partial charge is 0.188 e. The average molecular weight is 499 g/mol. The highest BCUT2D eigenvalue weighted by Crippen LogP contribution is 2.25. The molecule has 0 radical (unpaired) electrons. The first-order valence-electron chi connectivity index (χ1n) is 7.23. The second-order valence-corrected chi connectivity index (χ2v) is 6.76. The van der Waals surface area contributed by atoms with Crippen LogP contribution in [0.4, 0.5) is 0 Å². The molecule has 0 fully saturated rings. The standard InChI is InChI=1S/C9H11BrO2.C7H7BrO.C2H5ClO/c1-7-3-4-9(8(10)5-7)12-6-11-2;1-5-2-3-7(9)6(8)4-5;1-4-2-3/h3-5H,6H2,1-2H3;2-4,9H,1H3;2H2,1H3. The molecular formula is C18H23Br2ClO4. The first-order chi connectivity index (χ1) is 11.8. The van der Waals surface area contributed by atoms with Crippen LogP contribution in [0.2, 0.25) is 0 Å². The van der Waals surface area contributed by atoms with Crippen molar-refractivity contribution in [1.82, 2.24) is 0 Å². The third-order valence-electron chi connectivity index (χ3n) is 2.63. The summed E-state index contributed by atoms with van der Waals surface area (Å²) in [5.41, 5.74) is 2.34. The van der Waals surface area contributed by atoms with Crippen molar-refractivity contribution in [2.75, 3.05) is 27.1 Å². The van der Waals surface area contributed by atoms with E-state index in [4.69, 9.17) is 26.2 Å². The van der Waals surface area contributed by atoms with E-state index in [1.807, 2.05) is 44.2 Å². The number of methoxy groups -OCH3 is 2. The van der Waals surface area contributed by atoms with Gasteiger partial charge >= 0.3 is 0 Å². The lowest BCUT2D eigenvalue weighted by atomic mass is 10.2. The molecule has 0 bridgehead atoms. The zero-order valence-electron chi connectivity index (χ0n) is 14.7. The maximum Gasteiger partial charge on any atom is 0.188 e. The molecule has 2 aromatic carbocycles. The zero-order valence-corrected chi connectivity index (χ0v) is 18.6. The molecule has 0 aliphatic rings. The summed E-state index contributed by atoms with van der Waals surface area (Å²) in [7, 11) is 3.15. The molecule has 140 valence electrons. The topological polar surface area (TPSA) is 47.9 Å². The highest BCUT2D eigenvalue weighted by molar-refractivity contribution is 9.10. The molecule has 0 aliphatic carbocycles. The van der Waals surface area contributed by atoms with Crippen LogP contribution in [0.15, 0.2) is 45.3 Å². The second kappa shape index (κ2) is 14.4. The number of ether oxygens (including phenoxy) is 3. The van der Waals surface area contributed by atoms with E-state index < -0.39 is 0 Å². The van der Waals surface area contributed by atoms with Gasteiger partial charge in [-0.1, -0.05) is 23.7 Å². The van der Waals surface area contributed by atoms with Crippen LogP contribution in [0.1, 0.15) is 11.1 Å². The summed E-state index contributed by atoms with van der Waals surface area (Å²) in [5.74, 6) is 1.10. The van der Waals surface area contributed by atoms with Crippen molar-refractivity contribution in [3.63, 3.8) is 0 Å². The fourth-order valence-corrected chi connectivity index (χ4v) is 2.56. The highest BCUT2D eigenvalue weighted by atomic mass is 79.9. The Bertz CT molecular complexity index is 622. The zero-order chi connectivity index (χ0) is 19.2. The minimum absolute atomic E-state index is 0.279. The van der Waals surface area contributed by atoms with Crippen LogP contribution >= 0.6 is 43.5 Å². The molecule has 0 aromatic heterocycles. The van der Waals surface area contributed by atoms with Gasteiger partial charge in [-0.2, -0.15) is 0 Å². The van der Waals surface area contributed by atoms with Crippen molar-refractivity contribution in [3.05, 3.63) is 56.5 Å². The molecule has 7 heteroatoms. The largest absolute Gasteiger partial charge is 0.507 e. The summed E-state index contributed by atoms with van der Waals surface area (Å²) in [4.78, 5) is 0. The predicted octanol–water partition coefficient (Wildman–Crippen LogP) is 6.03. The van der Waals surface area contributed by atoms with E-state index in [0.717, 1.165) is 20.3 Å². The third-order valence-corrected chi connectivity index (χ3v) is 4.11. The molecule has 0 spiro atoms. The van der Waals surface area contributed by atoms with Crippen LogP contribution < -0.4 is 4.74 Å². The Kier molecular flexibility index (Phi) is 13.9. The summed E-state index contributed by atoms with van der Waals surface area (Å²) in [6.45, 7) is 4.29. The molecular weight excluding hydrogens is 475 g/mol. The van der Waals surface area contributed by atoms with Crippen molar-refractivity contribution in [2.45, 2.75) is 13.8 Å². The lowest BCUT2D eigenvalue weighted by Gasteiger charge is -2.06. The SMILES string of the molecule is COCCl.COCOc1ccc(C)cc1Br.Cc1ccc(O)c(Br)c1. The van der Waals surface area contributed by atoms with Gasteiger partial charge in [0.05, 0.1) is 8.95 Å². The van der Waals surface area contributed by atoms with Gasteiger partial charge in [0.1, 0.15) is 17.6 Å². The normalized spacial score (nSPS) is 9.40. The fraction of sp³-hybridized carbons (Fsp3) is 0.333. The minimum Gasteiger partial charge on any atom is -0.507 e. The molecule has 0 unspecified atom stereocenters. The Hall–Kier alpha value is -0.790. The molecule has 0 atom stereocenters. The first kappa shape index (κ1) is 24.2. The molecule has 0 saturated heterocycles. The third kappa shape index (κ3) is 11.4. The van der Waals surface area contributed by atoms with E-state index >= 15 is 0 Å². The number of phenols is 1. The lowest BCUT2D eigenvalue weighted by Crippen LogP contribution is -1.99. The molecule has 0 heterocycles. The van der Waals surface area contributed by atoms with Crippen molar-refractivity contribution in [1.29, 1.82) is 0 Å². The van der Waals surface area contributed by atoms with Gasteiger partial charge in [0.25, 0.3) is 0 Å². The van der Waals surface area contributed by atoms with Gasteiger partial charge in [0.15, 0.2) is 6.79 Å². The molecule has 0 amide bonds. The molecule has 2 aromatic rings. The monoisotopic (exact) mass is 496 g/mol. The quantitative estimate of drug-likeness (QED) is 0.413.